The Bertz CT molecular complexity index is 828. The SMILES string of the molecule is Nc1ccc2cc3c(C(=O)O)cc(N)cc3nc2c1. The fourth-order valence-electron chi connectivity index (χ4n) is 2.15. The number of rotatable bonds is 1. The summed E-state index contributed by atoms with van der Waals surface area (Å²) in [5.74, 6) is -1.02. The summed E-state index contributed by atoms with van der Waals surface area (Å²) in [7, 11) is 0. The van der Waals surface area contributed by atoms with Crippen molar-refractivity contribution in [2.45, 2.75) is 0 Å². The van der Waals surface area contributed by atoms with Crippen molar-refractivity contribution in [3.05, 3.63) is 42.0 Å². The Morgan fingerprint density at radius 1 is 1.00 bits per heavy atom. The average molecular weight is 253 g/mol. The Balaban J connectivity index is 2.47. The van der Waals surface area contributed by atoms with Gasteiger partial charge in [0.15, 0.2) is 0 Å². The second kappa shape index (κ2) is 3.84. The molecule has 5 nitrogen and oxygen atoms in total. The normalized spacial score (nSPS) is 10.9. The van der Waals surface area contributed by atoms with Crippen LogP contribution in [0.2, 0.25) is 0 Å². The summed E-state index contributed by atoms with van der Waals surface area (Å²) >= 11 is 0. The van der Waals surface area contributed by atoms with Gasteiger partial charge in [0.1, 0.15) is 0 Å². The number of nitrogens with zero attached hydrogens (tertiary/aromatic N) is 1. The van der Waals surface area contributed by atoms with Gasteiger partial charge in [-0.1, -0.05) is 6.07 Å². The second-order valence-corrected chi connectivity index (χ2v) is 4.38. The maximum Gasteiger partial charge on any atom is 0.336 e. The largest absolute Gasteiger partial charge is 0.478 e. The third-order valence-corrected chi connectivity index (χ3v) is 3.01. The number of anilines is 2. The van der Waals surface area contributed by atoms with Gasteiger partial charge in [0.25, 0.3) is 0 Å². The van der Waals surface area contributed by atoms with Gasteiger partial charge in [-0.15, -0.1) is 0 Å². The highest BCUT2D eigenvalue weighted by atomic mass is 16.4. The van der Waals surface area contributed by atoms with E-state index < -0.39 is 5.97 Å². The Hall–Kier alpha value is -2.82. The van der Waals surface area contributed by atoms with Gasteiger partial charge in [-0.05, 0) is 30.3 Å². The van der Waals surface area contributed by atoms with Crippen LogP contribution >= 0.6 is 0 Å². The van der Waals surface area contributed by atoms with Gasteiger partial charge < -0.3 is 16.6 Å². The van der Waals surface area contributed by atoms with E-state index in [0.29, 0.717) is 22.3 Å². The van der Waals surface area contributed by atoms with E-state index in [9.17, 15) is 9.90 Å². The van der Waals surface area contributed by atoms with Gasteiger partial charge >= 0.3 is 5.97 Å². The molecule has 0 aliphatic heterocycles. The fourth-order valence-corrected chi connectivity index (χ4v) is 2.15. The number of carboxylic acid groups (broad SMARTS) is 1. The van der Waals surface area contributed by atoms with Crippen molar-refractivity contribution < 1.29 is 9.90 Å². The van der Waals surface area contributed by atoms with E-state index >= 15 is 0 Å². The zero-order valence-electron chi connectivity index (χ0n) is 9.92. The number of hydrogen-bond donors (Lipinski definition) is 3. The number of nitrogen functional groups attached to an aromatic ring is 2. The zero-order chi connectivity index (χ0) is 13.6. The highest BCUT2D eigenvalue weighted by Gasteiger charge is 2.11. The van der Waals surface area contributed by atoms with Crippen LogP contribution in [0.5, 0.6) is 0 Å². The number of carboxylic acids is 1. The summed E-state index contributed by atoms with van der Waals surface area (Å²) in [6.07, 6.45) is 0. The van der Waals surface area contributed by atoms with Crippen LogP contribution < -0.4 is 11.5 Å². The summed E-state index contributed by atoms with van der Waals surface area (Å²) in [5.41, 5.74) is 13.8. The van der Waals surface area contributed by atoms with E-state index in [0.717, 1.165) is 10.9 Å². The van der Waals surface area contributed by atoms with Crippen LogP contribution in [0.1, 0.15) is 10.4 Å². The smallest absolute Gasteiger partial charge is 0.336 e. The average Bonchev–Trinajstić information content (AvgIpc) is 2.35. The predicted octanol–water partition coefficient (Wildman–Crippen LogP) is 2.25. The van der Waals surface area contributed by atoms with Gasteiger partial charge in [-0.25, -0.2) is 9.78 Å². The minimum absolute atomic E-state index is 0.154. The number of benzene rings is 2. The lowest BCUT2D eigenvalue weighted by molar-refractivity contribution is 0.0699. The van der Waals surface area contributed by atoms with Crippen molar-refractivity contribution in [3.8, 4) is 0 Å². The van der Waals surface area contributed by atoms with Gasteiger partial charge in [0.05, 0.1) is 16.6 Å². The Kier molecular flexibility index (Phi) is 2.28. The summed E-state index contributed by atoms with van der Waals surface area (Å²) < 4.78 is 0. The molecule has 5 heteroatoms. The molecular formula is C14H11N3O2. The predicted molar refractivity (Wildman–Crippen MR) is 75.0 cm³/mol. The van der Waals surface area contributed by atoms with Crippen LogP contribution in [0.25, 0.3) is 21.8 Å². The van der Waals surface area contributed by atoms with Gasteiger partial charge in [-0.2, -0.15) is 0 Å². The lowest BCUT2D eigenvalue weighted by Crippen LogP contribution is -2.00. The third kappa shape index (κ3) is 1.81. The summed E-state index contributed by atoms with van der Waals surface area (Å²) in [6, 6.07) is 10.2. The molecular weight excluding hydrogens is 242 g/mol. The lowest BCUT2D eigenvalue weighted by atomic mass is 10.0. The quantitative estimate of drug-likeness (QED) is 0.456. The molecule has 0 bridgehead atoms. The Morgan fingerprint density at radius 2 is 1.74 bits per heavy atom. The van der Waals surface area contributed by atoms with Crippen LogP contribution in [-0.2, 0) is 0 Å². The van der Waals surface area contributed by atoms with Gasteiger partial charge in [-0.3, -0.25) is 0 Å². The maximum atomic E-state index is 11.3. The van der Waals surface area contributed by atoms with Crippen LogP contribution in [0.3, 0.4) is 0 Å². The minimum Gasteiger partial charge on any atom is -0.478 e. The highest BCUT2D eigenvalue weighted by molar-refractivity contribution is 6.07. The summed E-state index contributed by atoms with van der Waals surface area (Å²) in [4.78, 5) is 15.7. The first kappa shape index (κ1) is 11.3. The minimum atomic E-state index is -1.02. The first-order chi connectivity index (χ1) is 9.04. The number of carbonyl (C=O) groups is 1. The van der Waals surface area contributed by atoms with Crippen molar-refractivity contribution in [2.24, 2.45) is 0 Å². The summed E-state index contributed by atoms with van der Waals surface area (Å²) in [5, 5.41) is 10.6. The molecule has 1 aromatic heterocycles. The number of aromatic nitrogens is 1. The molecule has 0 fully saturated rings. The lowest BCUT2D eigenvalue weighted by Gasteiger charge is -2.06. The van der Waals surface area contributed by atoms with Crippen molar-refractivity contribution >= 4 is 39.1 Å². The molecule has 0 aliphatic carbocycles. The Labute approximate surface area is 108 Å². The van der Waals surface area contributed by atoms with E-state index in [4.69, 9.17) is 11.5 Å². The van der Waals surface area contributed by atoms with Crippen LogP contribution in [0, 0.1) is 0 Å². The second-order valence-electron chi connectivity index (χ2n) is 4.38. The summed E-state index contributed by atoms with van der Waals surface area (Å²) in [6.45, 7) is 0. The Morgan fingerprint density at radius 3 is 2.47 bits per heavy atom. The molecule has 0 radical (unpaired) electrons. The van der Waals surface area contributed by atoms with Gasteiger partial charge in [0, 0.05) is 22.1 Å². The first-order valence-electron chi connectivity index (χ1n) is 5.67. The molecule has 0 saturated heterocycles. The fraction of sp³-hybridized carbons (Fsp3) is 0. The van der Waals surface area contributed by atoms with Crippen molar-refractivity contribution in [1.82, 2.24) is 4.98 Å². The van der Waals surface area contributed by atoms with Crippen molar-refractivity contribution in [3.63, 3.8) is 0 Å². The van der Waals surface area contributed by atoms with Crippen molar-refractivity contribution in [1.29, 1.82) is 0 Å². The van der Waals surface area contributed by atoms with Crippen molar-refractivity contribution in [2.75, 3.05) is 11.5 Å². The van der Waals surface area contributed by atoms with Crippen LogP contribution in [0.4, 0.5) is 11.4 Å². The zero-order valence-corrected chi connectivity index (χ0v) is 9.92. The molecule has 1 heterocycles. The van der Waals surface area contributed by atoms with E-state index in [-0.39, 0.29) is 5.56 Å². The van der Waals surface area contributed by atoms with Crippen LogP contribution in [-0.4, -0.2) is 16.1 Å². The molecule has 0 saturated carbocycles. The molecule has 0 spiro atoms. The topological polar surface area (TPSA) is 102 Å². The molecule has 3 aromatic rings. The first-order valence-corrected chi connectivity index (χ1v) is 5.67. The molecule has 2 aromatic carbocycles. The molecule has 94 valence electrons. The van der Waals surface area contributed by atoms with Gasteiger partial charge in [0.2, 0.25) is 0 Å². The number of nitrogens with two attached hydrogens (primary N) is 2. The number of pyridine rings is 1. The monoisotopic (exact) mass is 253 g/mol. The van der Waals surface area contributed by atoms with E-state index in [1.165, 1.54) is 6.07 Å². The van der Waals surface area contributed by atoms with E-state index in [2.05, 4.69) is 4.98 Å². The molecule has 5 N–H and O–H groups in total. The number of aromatic carboxylic acids is 1. The number of hydrogen-bond acceptors (Lipinski definition) is 4. The highest BCUT2D eigenvalue weighted by Crippen LogP contribution is 2.26. The van der Waals surface area contributed by atoms with Crippen LogP contribution in [0.15, 0.2) is 36.4 Å². The van der Waals surface area contributed by atoms with E-state index in [1.807, 2.05) is 6.07 Å². The standard InChI is InChI=1S/C14H11N3O2/c15-8-2-1-7-3-10-11(14(18)19)4-9(16)6-13(10)17-12(7)5-8/h1-6H,15-16H2,(H,18,19). The van der Waals surface area contributed by atoms with E-state index in [1.54, 1.807) is 24.3 Å². The number of fused-ring (bicyclic) bond motifs is 2. The molecule has 0 atom stereocenters. The maximum absolute atomic E-state index is 11.3. The molecule has 19 heavy (non-hydrogen) atoms. The third-order valence-electron chi connectivity index (χ3n) is 3.01. The molecule has 3 rings (SSSR count). The molecule has 0 aliphatic rings. The molecule has 0 unspecified atom stereocenters. The molecule has 0 amide bonds.